The van der Waals surface area contributed by atoms with Crippen molar-refractivity contribution >= 4 is 6.03 Å². The number of carbonyl (C=O) groups excluding carboxylic acids is 1. The second-order valence-corrected chi connectivity index (χ2v) is 10.1. The number of likely N-dealkylation sites (tertiary alicyclic amines) is 2. The third kappa shape index (κ3) is 4.65. The second-order valence-electron chi connectivity index (χ2n) is 10.1. The van der Waals surface area contributed by atoms with Gasteiger partial charge in [0, 0.05) is 37.2 Å². The van der Waals surface area contributed by atoms with E-state index in [1.54, 1.807) is 9.80 Å². The summed E-state index contributed by atoms with van der Waals surface area (Å²) in [6.07, 6.45) is -1.55. The number of aliphatic hydroxyl groups is 2. The molecule has 1 saturated carbocycles. The molecule has 2 unspecified atom stereocenters. The molecule has 3 N–H and O–H groups in total. The summed E-state index contributed by atoms with van der Waals surface area (Å²) in [6.45, 7) is 1.59. The Hall–Kier alpha value is -2.59. The number of rotatable bonds is 5. The highest BCUT2D eigenvalue weighted by Crippen LogP contribution is 2.48. The summed E-state index contributed by atoms with van der Waals surface area (Å²) in [5.74, 6) is -0.214. The van der Waals surface area contributed by atoms with Crippen molar-refractivity contribution in [3.63, 3.8) is 0 Å². The molecule has 1 aliphatic carbocycles. The molecule has 10 heteroatoms. The Balaban J connectivity index is 1.36. The lowest BCUT2D eigenvalue weighted by atomic mass is 9.82. The Labute approximate surface area is 195 Å². The Morgan fingerprint density at radius 3 is 2.32 bits per heavy atom. The van der Waals surface area contributed by atoms with Gasteiger partial charge in [-0.05, 0) is 54.9 Å². The number of hydrogen-bond acceptors (Lipinski definition) is 4. The van der Waals surface area contributed by atoms with Crippen molar-refractivity contribution in [2.75, 3.05) is 32.8 Å². The second kappa shape index (κ2) is 8.57. The van der Waals surface area contributed by atoms with E-state index in [-0.39, 0.29) is 29.9 Å². The van der Waals surface area contributed by atoms with E-state index in [1.165, 1.54) is 12.1 Å². The molecule has 2 atom stereocenters. The number of nitrogens with zero attached hydrogens (tertiary/aromatic N) is 3. The first-order chi connectivity index (χ1) is 16.2. The van der Waals surface area contributed by atoms with E-state index in [1.807, 2.05) is 6.07 Å². The van der Waals surface area contributed by atoms with E-state index < -0.39 is 17.8 Å². The number of piperidine rings is 1. The molecular formula is C24H29F3N4O3. The first kappa shape index (κ1) is 23.2. The summed E-state index contributed by atoms with van der Waals surface area (Å²) in [5.41, 5.74) is 1.77. The van der Waals surface area contributed by atoms with Crippen LogP contribution >= 0.6 is 0 Å². The van der Waals surface area contributed by atoms with E-state index in [9.17, 15) is 28.2 Å². The molecule has 2 saturated heterocycles. The SMILES string of the molecule is O=C(N1CC(O)C1)N1CC(c2ccc(C(F)(F)F)cc2)CC(c2cc(CC3(CO)CC3)[nH]n2)C1. The van der Waals surface area contributed by atoms with Gasteiger partial charge < -0.3 is 20.0 Å². The summed E-state index contributed by atoms with van der Waals surface area (Å²) in [6, 6.07) is 7.01. The average molecular weight is 479 g/mol. The lowest BCUT2D eigenvalue weighted by Crippen LogP contribution is -2.59. The van der Waals surface area contributed by atoms with Crippen molar-refractivity contribution in [1.82, 2.24) is 20.0 Å². The van der Waals surface area contributed by atoms with Crippen molar-refractivity contribution < 1.29 is 28.2 Å². The highest BCUT2D eigenvalue weighted by molar-refractivity contribution is 5.75. The van der Waals surface area contributed by atoms with Gasteiger partial charge in [-0.1, -0.05) is 12.1 Å². The van der Waals surface area contributed by atoms with E-state index in [2.05, 4.69) is 10.2 Å². The van der Waals surface area contributed by atoms with Crippen molar-refractivity contribution in [3.05, 3.63) is 52.8 Å². The molecule has 5 rings (SSSR count). The molecule has 2 aliphatic heterocycles. The molecular weight excluding hydrogens is 449 g/mol. The largest absolute Gasteiger partial charge is 0.416 e. The van der Waals surface area contributed by atoms with Crippen LogP contribution in [0.2, 0.25) is 0 Å². The monoisotopic (exact) mass is 478 g/mol. The number of alkyl halides is 3. The minimum Gasteiger partial charge on any atom is -0.396 e. The van der Waals surface area contributed by atoms with Crippen LogP contribution in [0.1, 0.15) is 53.6 Å². The highest BCUT2D eigenvalue weighted by atomic mass is 19.4. The smallest absolute Gasteiger partial charge is 0.396 e. The first-order valence-corrected chi connectivity index (χ1v) is 11.7. The Morgan fingerprint density at radius 1 is 1.09 bits per heavy atom. The quantitative estimate of drug-likeness (QED) is 0.616. The number of β-amino-alcohol motifs (C(OH)–C–C–N with tert-alkyl or cyclic N) is 1. The number of amides is 2. The van der Waals surface area contributed by atoms with Gasteiger partial charge in [0.05, 0.1) is 30.5 Å². The summed E-state index contributed by atoms with van der Waals surface area (Å²) in [7, 11) is 0. The van der Waals surface area contributed by atoms with Crippen LogP contribution in [0, 0.1) is 5.41 Å². The van der Waals surface area contributed by atoms with Crippen molar-refractivity contribution in [1.29, 1.82) is 0 Å². The number of carbonyl (C=O) groups is 1. The Kier molecular flexibility index (Phi) is 5.84. The number of H-pyrrole nitrogens is 1. The van der Waals surface area contributed by atoms with Gasteiger partial charge in [0.25, 0.3) is 0 Å². The number of aliphatic hydroxyl groups excluding tert-OH is 2. The third-order valence-electron chi connectivity index (χ3n) is 7.49. The lowest BCUT2D eigenvalue weighted by molar-refractivity contribution is -0.137. The first-order valence-electron chi connectivity index (χ1n) is 11.7. The maximum atomic E-state index is 13.0. The number of halogens is 3. The van der Waals surface area contributed by atoms with Crippen LogP contribution < -0.4 is 0 Å². The van der Waals surface area contributed by atoms with Crippen LogP contribution in [-0.2, 0) is 12.6 Å². The topological polar surface area (TPSA) is 92.7 Å². The van der Waals surface area contributed by atoms with Gasteiger partial charge in [-0.3, -0.25) is 5.10 Å². The van der Waals surface area contributed by atoms with Gasteiger partial charge in [0.15, 0.2) is 0 Å². The van der Waals surface area contributed by atoms with Crippen LogP contribution in [0.15, 0.2) is 30.3 Å². The molecule has 2 aromatic rings. The Morgan fingerprint density at radius 2 is 1.74 bits per heavy atom. The molecule has 34 heavy (non-hydrogen) atoms. The van der Waals surface area contributed by atoms with Gasteiger partial charge in [0.1, 0.15) is 0 Å². The zero-order valence-corrected chi connectivity index (χ0v) is 18.8. The molecule has 0 bridgehead atoms. The van der Waals surface area contributed by atoms with Crippen LogP contribution in [0.3, 0.4) is 0 Å². The molecule has 0 radical (unpaired) electrons. The summed E-state index contributed by atoms with van der Waals surface area (Å²) in [5, 5.41) is 26.8. The number of aromatic nitrogens is 2. The number of benzene rings is 1. The van der Waals surface area contributed by atoms with Crippen LogP contribution in [-0.4, -0.2) is 75.1 Å². The highest BCUT2D eigenvalue weighted by Gasteiger charge is 2.43. The van der Waals surface area contributed by atoms with E-state index >= 15 is 0 Å². The van der Waals surface area contributed by atoms with Crippen LogP contribution in [0.25, 0.3) is 0 Å². The number of urea groups is 1. The van der Waals surface area contributed by atoms with E-state index in [0.29, 0.717) is 32.6 Å². The Bertz CT molecular complexity index is 1030. The molecule has 184 valence electrons. The summed E-state index contributed by atoms with van der Waals surface area (Å²) >= 11 is 0. The van der Waals surface area contributed by atoms with Gasteiger partial charge in [-0.15, -0.1) is 0 Å². The van der Waals surface area contributed by atoms with Gasteiger partial charge in [0.2, 0.25) is 0 Å². The number of hydrogen-bond donors (Lipinski definition) is 3. The number of aromatic amines is 1. The van der Waals surface area contributed by atoms with Gasteiger partial charge >= 0.3 is 12.2 Å². The molecule has 3 aliphatic rings. The molecule has 0 spiro atoms. The summed E-state index contributed by atoms with van der Waals surface area (Å²) in [4.78, 5) is 16.4. The maximum absolute atomic E-state index is 13.0. The van der Waals surface area contributed by atoms with Crippen LogP contribution in [0.4, 0.5) is 18.0 Å². The minimum atomic E-state index is -4.40. The molecule has 7 nitrogen and oxygen atoms in total. The van der Waals surface area contributed by atoms with E-state index in [0.717, 1.165) is 48.3 Å². The van der Waals surface area contributed by atoms with Crippen LogP contribution in [0.5, 0.6) is 0 Å². The fourth-order valence-electron chi connectivity index (χ4n) is 5.12. The zero-order valence-electron chi connectivity index (χ0n) is 18.8. The fraction of sp³-hybridized carbons (Fsp3) is 0.583. The number of nitrogens with one attached hydrogen (secondary N) is 1. The maximum Gasteiger partial charge on any atom is 0.416 e. The third-order valence-corrected chi connectivity index (χ3v) is 7.49. The fourth-order valence-corrected chi connectivity index (χ4v) is 5.12. The van der Waals surface area contributed by atoms with Crippen molar-refractivity contribution in [2.45, 2.75) is 49.8 Å². The molecule has 3 heterocycles. The standard InChI is InChI=1S/C24H29F3N4O3/c25-24(26,27)18-3-1-15(2-4-18)16-7-17(11-30(10-16)22(34)31-12-20(33)13-31)21-8-19(28-29-21)9-23(14-32)5-6-23/h1-4,8,16-17,20,32-33H,5-7,9-14H2,(H,28,29). The van der Waals surface area contributed by atoms with Crippen molar-refractivity contribution in [3.8, 4) is 0 Å². The normalized spacial score (nSPS) is 24.7. The van der Waals surface area contributed by atoms with Gasteiger partial charge in [-0.2, -0.15) is 18.3 Å². The molecule has 3 fully saturated rings. The van der Waals surface area contributed by atoms with Gasteiger partial charge in [-0.25, -0.2) is 4.79 Å². The molecule has 1 aromatic heterocycles. The summed E-state index contributed by atoms with van der Waals surface area (Å²) < 4.78 is 39.1. The average Bonchev–Trinajstić information content (AvgIpc) is 3.42. The lowest BCUT2D eigenvalue weighted by Gasteiger charge is -2.43. The zero-order chi connectivity index (χ0) is 24.1. The minimum absolute atomic E-state index is 0.0561. The predicted molar refractivity (Wildman–Crippen MR) is 117 cm³/mol. The predicted octanol–water partition coefficient (Wildman–Crippen LogP) is 3.11. The van der Waals surface area contributed by atoms with E-state index in [4.69, 9.17) is 0 Å². The molecule has 2 amide bonds. The van der Waals surface area contributed by atoms with Crippen molar-refractivity contribution in [2.24, 2.45) is 5.41 Å². The molecule has 1 aromatic carbocycles.